The first kappa shape index (κ1) is 16.4. The highest BCUT2D eigenvalue weighted by atomic mass is 19.1. The van der Waals surface area contributed by atoms with Gasteiger partial charge in [-0.25, -0.2) is 14.1 Å². The highest BCUT2D eigenvalue weighted by Gasteiger charge is 2.35. The van der Waals surface area contributed by atoms with E-state index in [2.05, 4.69) is 15.4 Å². The molecule has 1 aromatic heterocycles. The Morgan fingerprint density at radius 2 is 2.07 bits per heavy atom. The maximum Gasteiger partial charge on any atom is 0.230 e. The zero-order chi connectivity index (χ0) is 18.5. The van der Waals surface area contributed by atoms with Gasteiger partial charge in [-0.05, 0) is 30.5 Å². The standard InChI is InChI=1S/C19H20FN5O2/c20-12-3-4-13-14(10-17(26)21-15(13)9-12)19(27)24-6-5-16-22-18(11-1-2-11)23-25(16)8-7-24/h3-4,9,11,14H,1-2,5-8,10H2,(H,21,26). The average molecular weight is 369 g/mol. The lowest BCUT2D eigenvalue weighted by Gasteiger charge is -2.30. The van der Waals surface area contributed by atoms with Gasteiger partial charge in [0.1, 0.15) is 11.6 Å². The fraction of sp³-hybridized carbons (Fsp3) is 0.474. The fourth-order valence-corrected chi connectivity index (χ4v) is 3.93. The molecule has 0 radical (unpaired) electrons. The summed E-state index contributed by atoms with van der Waals surface area (Å²) >= 11 is 0. The van der Waals surface area contributed by atoms with E-state index in [1.165, 1.54) is 12.1 Å². The van der Waals surface area contributed by atoms with Crippen molar-refractivity contribution in [2.75, 3.05) is 18.4 Å². The molecule has 2 amide bonds. The molecule has 1 N–H and O–H groups in total. The zero-order valence-electron chi connectivity index (χ0n) is 14.8. The molecule has 1 fully saturated rings. The lowest BCUT2D eigenvalue weighted by molar-refractivity contribution is -0.135. The second kappa shape index (κ2) is 6.14. The lowest BCUT2D eigenvalue weighted by atomic mass is 9.89. The van der Waals surface area contributed by atoms with Crippen molar-refractivity contribution in [3.63, 3.8) is 0 Å². The Morgan fingerprint density at radius 1 is 1.22 bits per heavy atom. The predicted octanol–water partition coefficient (Wildman–Crippen LogP) is 1.81. The van der Waals surface area contributed by atoms with Crippen LogP contribution in [0.1, 0.15) is 48.3 Å². The summed E-state index contributed by atoms with van der Waals surface area (Å²) in [4.78, 5) is 31.6. The number of hydrogen-bond donors (Lipinski definition) is 1. The average Bonchev–Trinajstić information content (AvgIpc) is 3.44. The van der Waals surface area contributed by atoms with Gasteiger partial charge in [-0.2, -0.15) is 5.10 Å². The Kier molecular flexibility index (Phi) is 3.73. The molecule has 3 aliphatic rings. The number of aromatic nitrogens is 3. The van der Waals surface area contributed by atoms with Crippen molar-refractivity contribution in [3.05, 3.63) is 41.2 Å². The Balaban J connectivity index is 1.35. The van der Waals surface area contributed by atoms with Crippen molar-refractivity contribution in [2.24, 2.45) is 0 Å². The Hall–Kier alpha value is -2.77. The first-order valence-electron chi connectivity index (χ1n) is 9.40. The van der Waals surface area contributed by atoms with Crippen LogP contribution in [-0.4, -0.2) is 44.6 Å². The molecule has 0 saturated heterocycles. The maximum atomic E-state index is 13.5. The summed E-state index contributed by atoms with van der Waals surface area (Å²) in [6, 6.07) is 4.20. The minimum atomic E-state index is -0.574. The molecule has 2 aromatic rings. The maximum absolute atomic E-state index is 13.5. The van der Waals surface area contributed by atoms with Gasteiger partial charge >= 0.3 is 0 Å². The number of nitrogens with one attached hydrogen (secondary N) is 1. The molecule has 0 spiro atoms. The first-order valence-corrected chi connectivity index (χ1v) is 9.40. The van der Waals surface area contributed by atoms with E-state index in [9.17, 15) is 14.0 Å². The summed E-state index contributed by atoms with van der Waals surface area (Å²) in [5.74, 6) is 1.02. The van der Waals surface area contributed by atoms with Crippen molar-refractivity contribution in [1.29, 1.82) is 0 Å². The molecule has 3 heterocycles. The molecule has 8 heteroatoms. The molecule has 1 saturated carbocycles. The number of carbonyl (C=O) groups is 2. The third-order valence-electron chi connectivity index (χ3n) is 5.56. The highest BCUT2D eigenvalue weighted by molar-refractivity contribution is 6.01. The van der Waals surface area contributed by atoms with Gasteiger partial charge in [-0.3, -0.25) is 9.59 Å². The number of fused-ring (bicyclic) bond motifs is 2. The summed E-state index contributed by atoms with van der Waals surface area (Å²) in [6.07, 6.45) is 3.07. The van der Waals surface area contributed by atoms with Crippen molar-refractivity contribution in [1.82, 2.24) is 19.7 Å². The molecule has 140 valence electrons. The van der Waals surface area contributed by atoms with Crippen LogP contribution in [0.4, 0.5) is 10.1 Å². The van der Waals surface area contributed by atoms with Gasteiger partial charge in [0, 0.05) is 37.5 Å². The van der Waals surface area contributed by atoms with Gasteiger partial charge in [0.2, 0.25) is 11.8 Å². The second-order valence-electron chi connectivity index (χ2n) is 7.50. The predicted molar refractivity (Wildman–Crippen MR) is 94.7 cm³/mol. The van der Waals surface area contributed by atoms with Crippen LogP contribution in [0.2, 0.25) is 0 Å². The largest absolute Gasteiger partial charge is 0.340 e. The van der Waals surface area contributed by atoms with Crippen LogP contribution in [0, 0.1) is 5.82 Å². The number of carbonyl (C=O) groups excluding carboxylic acids is 2. The quantitative estimate of drug-likeness (QED) is 0.875. The molecule has 1 unspecified atom stereocenters. The van der Waals surface area contributed by atoms with E-state index in [1.807, 2.05) is 4.68 Å². The van der Waals surface area contributed by atoms with E-state index in [4.69, 9.17) is 0 Å². The van der Waals surface area contributed by atoms with Crippen LogP contribution < -0.4 is 5.32 Å². The molecule has 1 aliphatic carbocycles. The van der Waals surface area contributed by atoms with Crippen LogP contribution in [0.3, 0.4) is 0 Å². The molecular weight excluding hydrogens is 349 g/mol. The van der Waals surface area contributed by atoms with Crippen LogP contribution in [-0.2, 0) is 22.6 Å². The third kappa shape index (κ3) is 2.98. The number of halogens is 1. The molecule has 1 aromatic carbocycles. The van der Waals surface area contributed by atoms with Crippen LogP contribution in [0.15, 0.2) is 18.2 Å². The van der Waals surface area contributed by atoms with E-state index in [-0.39, 0.29) is 18.2 Å². The topological polar surface area (TPSA) is 80.1 Å². The molecule has 5 rings (SSSR count). The smallest absolute Gasteiger partial charge is 0.230 e. The van der Waals surface area contributed by atoms with E-state index in [1.54, 1.807) is 11.0 Å². The summed E-state index contributed by atoms with van der Waals surface area (Å²) in [7, 11) is 0. The monoisotopic (exact) mass is 369 g/mol. The summed E-state index contributed by atoms with van der Waals surface area (Å²) < 4.78 is 15.4. The van der Waals surface area contributed by atoms with E-state index in [0.717, 1.165) is 24.5 Å². The zero-order valence-corrected chi connectivity index (χ0v) is 14.8. The molecular formula is C19H20FN5O2. The van der Waals surface area contributed by atoms with Crippen molar-refractivity contribution in [3.8, 4) is 0 Å². The lowest BCUT2D eigenvalue weighted by Crippen LogP contribution is -2.40. The van der Waals surface area contributed by atoms with E-state index >= 15 is 0 Å². The SMILES string of the molecule is O=C1CC(C(=O)N2CCc3nc(C4CC4)nn3CC2)c2ccc(F)cc2N1. The van der Waals surface area contributed by atoms with Gasteiger partial charge in [-0.15, -0.1) is 0 Å². The Bertz CT molecular complexity index is 911. The van der Waals surface area contributed by atoms with Gasteiger partial charge in [0.05, 0.1) is 12.5 Å². The second-order valence-corrected chi connectivity index (χ2v) is 7.50. The number of rotatable bonds is 2. The number of amides is 2. The van der Waals surface area contributed by atoms with Crippen LogP contribution in [0.25, 0.3) is 0 Å². The molecule has 7 nitrogen and oxygen atoms in total. The van der Waals surface area contributed by atoms with Crippen molar-refractivity contribution >= 4 is 17.5 Å². The van der Waals surface area contributed by atoms with Gasteiger partial charge < -0.3 is 10.2 Å². The van der Waals surface area contributed by atoms with E-state index in [0.29, 0.717) is 43.2 Å². The molecule has 27 heavy (non-hydrogen) atoms. The fourth-order valence-electron chi connectivity index (χ4n) is 3.93. The van der Waals surface area contributed by atoms with Gasteiger partial charge in [-0.1, -0.05) is 6.07 Å². The van der Waals surface area contributed by atoms with Gasteiger partial charge in [0.15, 0.2) is 5.82 Å². The van der Waals surface area contributed by atoms with Crippen molar-refractivity contribution in [2.45, 2.75) is 44.1 Å². The number of benzene rings is 1. The number of anilines is 1. The summed E-state index contributed by atoms with van der Waals surface area (Å²) in [5, 5.41) is 7.26. The normalized spacial score (nSPS) is 21.9. The minimum absolute atomic E-state index is 0.0859. The number of hydrogen-bond acceptors (Lipinski definition) is 4. The molecule has 0 bridgehead atoms. The van der Waals surface area contributed by atoms with E-state index < -0.39 is 11.7 Å². The Morgan fingerprint density at radius 3 is 2.89 bits per heavy atom. The molecule has 1 atom stereocenters. The van der Waals surface area contributed by atoms with Crippen LogP contribution in [0.5, 0.6) is 0 Å². The molecule has 2 aliphatic heterocycles. The first-order chi connectivity index (χ1) is 13.1. The Labute approximate surface area is 155 Å². The van der Waals surface area contributed by atoms with Crippen molar-refractivity contribution < 1.29 is 14.0 Å². The van der Waals surface area contributed by atoms with Crippen LogP contribution >= 0.6 is 0 Å². The summed E-state index contributed by atoms with van der Waals surface area (Å²) in [5.41, 5.74) is 1.07. The minimum Gasteiger partial charge on any atom is -0.340 e. The number of nitrogens with zero attached hydrogens (tertiary/aromatic N) is 4. The van der Waals surface area contributed by atoms with Gasteiger partial charge in [0.25, 0.3) is 0 Å². The summed E-state index contributed by atoms with van der Waals surface area (Å²) in [6.45, 7) is 1.69. The highest BCUT2D eigenvalue weighted by Crippen LogP contribution is 2.38. The third-order valence-corrected chi connectivity index (χ3v) is 5.56.